The van der Waals surface area contributed by atoms with Crippen molar-refractivity contribution in [3.63, 3.8) is 0 Å². The molecule has 2 aliphatic rings. The zero-order valence-electron chi connectivity index (χ0n) is 15.3. The number of rotatable bonds is 2. The van der Waals surface area contributed by atoms with Crippen molar-refractivity contribution in [1.82, 2.24) is 4.90 Å². The number of hydrogen-bond donors (Lipinski definition) is 0. The number of halogens is 1. The number of hydrogen-bond acceptors (Lipinski definition) is 4. The van der Waals surface area contributed by atoms with Gasteiger partial charge in [-0.3, -0.25) is 4.79 Å². The molecule has 142 valence electrons. The standard InChI is InChI=1S/C20H20ClNO4S/c1-12-4-7-14(8-5-12)27(24,25)18-16-11-20(2,22(3)19(18)23)26-17-9-6-13(21)10-15(16)17/h4-10,16,18H,11H2,1-3H3. The highest BCUT2D eigenvalue weighted by Gasteiger charge is 2.57. The predicted molar refractivity (Wildman–Crippen MR) is 103 cm³/mol. The van der Waals surface area contributed by atoms with Crippen LogP contribution in [0.2, 0.25) is 5.02 Å². The minimum atomic E-state index is -3.88. The van der Waals surface area contributed by atoms with Crippen LogP contribution in [-0.4, -0.2) is 37.2 Å². The molecule has 1 saturated heterocycles. The van der Waals surface area contributed by atoms with Crippen molar-refractivity contribution in [2.75, 3.05) is 7.05 Å². The number of ether oxygens (including phenoxy) is 1. The lowest BCUT2D eigenvalue weighted by molar-refractivity contribution is -0.159. The van der Waals surface area contributed by atoms with Crippen LogP contribution in [0.1, 0.15) is 30.4 Å². The van der Waals surface area contributed by atoms with Crippen LogP contribution in [0.25, 0.3) is 0 Å². The molecule has 0 aromatic heterocycles. The van der Waals surface area contributed by atoms with Gasteiger partial charge in [-0.2, -0.15) is 0 Å². The number of aryl methyl sites for hydroxylation is 1. The molecule has 0 radical (unpaired) electrons. The molecule has 0 N–H and O–H groups in total. The van der Waals surface area contributed by atoms with Gasteiger partial charge in [0, 0.05) is 30.0 Å². The fourth-order valence-corrected chi connectivity index (χ4v) is 6.08. The first kappa shape index (κ1) is 18.3. The van der Waals surface area contributed by atoms with Crippen LogP contribution in [0.5, 0.6) is 5.75 Å². The number of carbonyl (C=O) groups is 1. The van der Waals surface area contributed by atoms with E-state index in [1.54, 1.807) is 49.5 Å². The Morgan fingerprint density at radius 1 is 1.19 bits per heavy atom. The summed E-state index contributed by atoms with van der Waals surface area (Å²) >= 11 is 6.15. The van der Waals surface area contributed by atoms with E-state index in [0.29, 0.717) is 22.8 Å². The van der Waals surface area contributed by atoms with Gasteiger partial charge in [-0.05, 0) is 44.2 Å². The molecule has 5 nitrogen and oxygen atoms in total. The summed E-state index contributed by atoms with van der Waals surface area (Å²) in [5, 5.41) is -0.724. The Labute approximate surface area is 163 Å². The maximum absolute atomic E-state index is 13.4. The summed E-state index contributed by atoms with van der Waals surface area (Å²) in [5.41, 5.74) is 0.737. The lowest BCUT2D eigenvalue weighted by Gasteiger charge is -2.51. The first-order valence-corrected chi connectivity index (χ1v) is 10.6. The van der Waals surface area contributed by atoms with E-state index in [1.807, 2.05) is 13.8 Å². The molecule has 2 heterocycles. The zero-order chi connectivity index (χ0) is 19.6. The Kier molecular flexibility index (Phi) is 4.05. The second-order valence-electron chi connectivity index (χ2n) is 7.45. The van der Waals surface area contributed by atoms with Gasteiger partial charge < -0.3 is 9.64 Å². The number of likely N-dealkylation sites (tertiary alicyclic amines) is 1. The van der Waals surface area contributed by atoms with Crippen LogP contribution in [-0.2, 0) is 14.6 Å². The molecular formula is C20H20ClNO4S. The van der Waals surface area contributed by atoms with Crippen molar-refractivity contribution in [3.05, 3.63) is 58.6 Å². The number of amides is 1. The minimum absolute atomic E-state index is 0.151. The van der Waals surface area contributed by atoms with Crippen LogP contribution < -0.4 is 4.74 Å². The molecule has 0 saturated carbocycles. The number of fused-ring (bicyclic) bond motifs is 4. The van der Waals surface area contributed by atoms with E-state index in [-0.39, 0.29) is 4.90 Å². The summed E-state index contributed by atoms with van der Waals surface area (Å²) in [7, 11) is -2.29. The lowest BCUT2D eigenvalue weighted by atomic mass is 9.80. The van der Waals surface area contributed by atoms with Crippen molar-refractivity contribution in [2.45, 2.75) is 42.1 Å². The monoisotopic (exact) mass is 405 g/mol. The molecule has 4 rings (SSSR count). The van der Waals surface area contributed by atoms with E-state index < -0.39 is 32.6 Å². The Morgan fingerprint density at radius 3 is 2.52 bits per heavy atom. The van der Waals surface area contributed by atoms with Gasteiger partial charge >= 0.3 is 0 Å². The molecule has 1 amide bonds. The summed E-state index contributed by atoms with van der Waals surface area (Å²) < 4.78 is 32.9. The maximum Gasteiger partial charge on any atom is 0.244 e. The van der Waals surface area contributed by atoms with Gasteiger partial charge in [0.15, 0.2) is 20.8 Å². The average Bonchev–Trinajstić information content (AvgIpc) is 2.61. The molecule has 7 heteroatoms. The fraction of sp³-hybridized carbons (Fsp3) is 0.350. The van der Waals surface area contributed by atoms with Crippen LogP contribution in [0, 0.1) is 6.92 Å². The van der Waals surface area contributed by atoms with Crippen LogP contribution in [0.3, 0.4) is 0 Å². The summed E-state index contributed by atoms with van der Waals surface area (Å²) in [4.78, 5) is 14.7. The van der Waals surface area contributed by atoms with E-state index >= 15 is 0 Å². The molecule has 3 unspecified atom stereocenters. The van der Waals surface area contributed by atoms with Gasteiger partial charge in [-0.15, -0.1) is 0 Å². The summed E-state index contributed by atoms with van der Waals surface area (Å²) in [6.45, 7) is 3.70. The summed E-state index contributed by atoms with van der Waals surface area (Å²) in [6, 6.07) is 11.7. The van der Waals surface area contributed by atoms with Crippen LogP contribution in [0.15, 0.2) is 47.4 Å². The third-order valence-corrected chi connectivity index (χ3v) is 8.00. The van der Waals surface area contributed by atoms with Crippen molar-refractivity contribution >= 4 is 27.3 Å². The second kappa shape index (κ2) is 5.97. The largest absolute Gasteiger partial charge is 0.468 e. The van der Waals surface area contributed by atoms with Crippen molar-refractivity contribution in [2.24, 2.45) is 0 Å². The molecular weight excluding hydrogens is 386 g/mol. The quantitative estimate of drug-likeness (QED) is 0.766. The minimum Gasteiger partial charge on any atom is -0.468 e. The van der Waals surface area contributed by atoms with E-state index in [4.69, 9.17) is 16.3 Å². The number of carbonyl (C=O) groups excluding carboxylic acids is 1. The molecule has 2 aromatic rings. The predicted octanol–water partition coefficient (Wildman–Crippen LogP) is 3.55. The van der Waals surface area contributed by atoms with E-state index in [0.717, 1.165) is 5.56 Å². The number of piperidine rings is 1. The third kappa shape index (κ3) is 2.74. The highest BCUT2D eigenvalue weighted by molar-refractivity contribution is 7.92. The molecule has 0 aliphatic carbocycles. The fourth-order valence-electron chi connectivity index (χ4n) is 3.99. The Bertz CT molecular complexity index is 1030. The smallest absolute Gasteiger partial charge is 0.244 e. The first-order valence-electron chi connectivity index (χ1n) is 8.70. The SMILES string of the molecule is Cc1ccc(S(=O)(=O)C2C(=O)N(C)C3(C)CC2c2cc(Cl)ccc2O3)cc1. The number of benzene rings is 2. The topological polar surface area (TPSA) is 63.7 Å². The first-order chi connectivity index (χ1) is 12.6. The van der Waals surface area contributed by atoms with Gasteiger partial charge in [-0.25, -0.2) is 8.42 Å². The maximum atomic E-state index is 13.4. The van der Waals surface area contributed by atoms with Crippen molar-refractivity contribution in [1.29, 1.82) is 0 Å². The highest BCUT2D eigenvalue weighted by atomic mass is 35.5. The van der Waals surface area contributed by atoms with Crippen LogP contribution >= 0.6 is 11.6 Å². The van der Waals surface area contributed by atoms with E-state index in [9.17, 15) is 13.2 Å². The van der Waals surface area contributed by atoms with Gasteiger partial charge in [0.05, 0.1) is 4.90 Å². The normalized spacial score (nSPS) is 27.1. The Morgan fingerprint density at radius 2 is 1.85 bits per heavy atom. The highest BCUT2D eigenvalue weighted by Crippen LogP contribution is 2.50. The van der Waals surface area contributed by atoms with E-state index in [1.165, 1.54) is 4.90 Å². The van der Waals surface area contributed by atoms with Crippen molar-refractivity contribution in [3.8, 4) is 5.75 Å². The Balaban J connectivity index is 1.90. The van der Waals surface area contributed by atoms with Crippen LogP contribution in [0.4, 0.5) is 0 Å². The Hall–Kier alpha value is -2.05. The average molecular weight is 406 g/mol. The summed E-state index contributed by atoms with van der Waals surface area (Å²) in [6.07, 6.45) is 0.387. The molecule has 2 bridgehead atoms. The van der Waals surface area contributed by atoms with E-state index in [2.05, 4.69) is 0 Å². The molecule has 2 aromatic carbocycles. The van der Waals surface area contributed by atoms with Gasteiger partial charge in [-0.1, -0.05) is 29.3 Å². The lowest BCUT2D eigenvalue weighted by Crippen LogP contribution is -2.64. The molecule has 0 spiro atoms. The molecule has 3 atom stereocenters. The van der Waals surface area contributed by atoms with Gasteiger partial charge in [0.25, 0.3) is 0 Å². The third-order valence-electron chi connectivity index (χ3n) is 5.63. The summed E-state index contributed by atoms with van der Waals surface area (Å²) in [5.74, 6) is -0.408. The van der Waals surface area contributed by atoms with Gasteiger partial charge in [0.1, 0.15) is 5.75 Å². The zero-order valence-corrected chi connectivity index (χ0v) is 16.8. The second-order valence-corrected chi connectivity index (χ2v) is 9.95. The van der Waals surface area contributed by atoms with Gasteiger partial charge in [0.2, 0.25) is 5.91 Å². The molecule has 2 aliphatic heterocycles. The number of sulfone groups is 1. The van der Waals surface area contributed by atoms with Crippen molar-refractivity contribution < 1.29 is 17.9 Å². The number of nitrogens with zero attached hydrogens (tertiary/aromatic N) is 1. The molecule has 27 heavy (non-hydrogen) atoms. The molecule has 1 fully saturated rings.